The lowest BCUT2D eigenvalue weighted by molar-refractivity contribution is 0.528. The molecule has 0 amide bonds. The molecule has 94 valence electrons. The van der Waals surface area contributed by atoms with E-state index < -0.39 is 0 Å². The van der Waals surface area contributed by atoms with E-state index in [0.29, 0.717) is 0 Å². The fourth-order valence-electron chi connectivity index (χ4n) is 1.98. The van der Waals surface area contributed by atoms with Gasteiger partial charge in [-0.1, -0.05) is 18.2 Å². The molecule has 1 N–H and O–H groups in total. The third-order valence-corrected chi connectivity index (χ3v) is 3.06. The molecule has 5 heteroatoms. The predicted molar refractivity (Wildman–Crippen MR) is 75.8 cm³/mol. The van der Waals surface area contributed by atoms with Gasteiger partial charge in [-0.15, -0.1) is 0 Å². The van der Waals surface area contributed by atoms with E-state index in [2.05, 4.69) is 4.98 Å². The number of aromatic nitrogens is 2. The van der Waals surface area contributed by atoms with E-state index in [9.17, 15) is 5.11 Å². The second-order valence-electron chi connectivity index (χ2n) is 4.06. The van der Waals surface area contributed by atoms with E-state index in [4.69, 9.17) is 12.2 Å². The maximum absolute atomic E-state index is 9.75. The van der Waals surface area contributed by atoms with Crippen molar-refractivity contribution in [3.8, 4) is 0 Å². The van der Waals surface area contributed by atoms with Crippen LogP contribution in [0.5, 0.6) is 0 Å². The van der Waals surface area contributed by atoms with Crippen molar-refractivity contribution in [2.75, 3.05) is 4.90 Å². The molecule has 1 aromatic carbocycles. The molecule has 0 saturated heterocycles. The zero-order valence-electron chi connectivity index (χ0n) is 10.3. The number of benzene rings is 1. The molecule has 18 heavy (non-hydrogen) atoms. The fraction of sp³-hybridized carbons (Fsp3) is 0.231. The number of hydrogen-bond donors (Lipinski definition) is 1. The van der Waals surface area contributed by atoms with Crippen LogP contribution in [-0.2, 0) is 7.05 Å². The Balaban J connectivity index is 2.38. The van der Waals surface area contributed by atoms with E-state index >= 15 is 0 Å². The molecule has 2 aromatic rings. The summed E-state index contributed by atoms with van der Waals surface area (Å²) in [6, 6.07) is 9.42. The Labute approximate surface area is 111 Å². The number of anilines is 1. The van der Waals surface area contributed by atoms with Crippen LogP contribution in [0, 0.1) is 0 Å². The van der Waals surface area contributed by atoms with Gasteiger partial charge in [0.1, 0.15) is 5.82 Å². The van der Waals surface area contributed by atoms with Crippen LogP contribution >= 0.6 is 12.2 Å². The van der Waals surface area contributed by atoms with Crippen LogP contribution in [0.2, 0.25) is 0 Å². The molecule has 0 spiro atoms. The second-order valence-corrected chi connectivity index (χ2v) is 4.43. The highest BCUT2D eigenvalue weighted by Crippen LogP contribution is 2.25. The third-order valence-electron chi connectivity index (χ3n) is 2.86. The van der Waals surface area contributed by atoms with Gasteiger partial charge in [-0.25, -0.2) is 4.98 Å². The van der Waals surface area contributed by atoms with Crippen molar-refractivity contribution >= 4 is 23.1 Å². The molecule has 0 aliphatic carbocycles. The molecule has 2 rings (SSSR count). The monoisotopic (exact) mass is 261 g/mol. The number of aliphatic hydroxyl groups excluding tert-OH is 1. The number of hydrogen-bond acceptors (Lipinski definition) is 2. The van der Waals surface area contributed by atoms with E-state index in [1.165, 1.54) is 0 Å². The zero-order chi connectivity index (χ0) is 13.1. The number of aliphatic hydroxyl groups is 1. The second kappa shape index (κ2) is 5.18. The van der Waals surface area contributed by atoms with Gasteiger partial charge >= 0.3 is 0 Å². The summed E-state index contributed by atoms with van der Waals surface area (Å²) in [6.07, 6.45) is 3.60. The number of para-hydroxylation sites is 1. The summed E-state index contributed by atoms with van der Waals surface area (Å²) in [6.45, 7) is 1.96. The van der Waals surface area contributed by atoms with Gasteiger partial charge in [-0.05, 0) is 31.3 Å². The molecule has 0 saturated carbocycles. The van der Waals surface area contributed by atoms with Gasteiger partial charge in [-0.3, -0.25) is 4.90 Å². The quantitative estimate of drug-likeness (QED) is 0.863. The van der Waals surface area contributed by atoms with Crippen LogP contribution in [0.3, 0.4) is 0 Å². The van der Waals surface area contributed by atoms with Crippen molar-refractivity contribution in [3.63, 3.8) is 0 Å². The zero-order valence-corrected chi connectivity index (χ0v) is 11.1. The van der Waals surface area contributed by atoms with Crippen molar-refractivity contribution in [2.24, 2.45) is 7.05 Å². The van der Waals surface area contributed by atoms with Gasteiger partial charge in [0.25, 0.3) is 5.17 Å². The smallest absolute Gasteiger partial charge is 0.262 e. The van der Waals surface area contributed by atoms with E-state index in [1.54, 1.807) is 11.1 Å². The van der Waals surface area contributed by atoms with E-state index in [1.807, 2.05) is 55.1 Å². The van der Waals surface area contributed by atoms with Crippen molar-refractivity contribution in [1.82, 2.24) is 9.55 Å². The highest BCUT2D eigenvalue weighted by molar-refractivity contribution is 7.80. The maximum atomic E-state index is 9.75. The Bertz CT molecular complexity index is 538. The lowest BCUT2D eigenvalue weighted by Crippen LogP contribution is -2.33. The lowest BCUT2D eigenvalue weighted by atomic mass is 10.2. The fourth-order valence-corrected chi connectivity index (χ4v) is 2.25. The van der Waals surface area contributed by atoms with E-state index in [-0.39, 0.29) is 11.2 Å². The van der Waals surface area contributed by atoms with Gasteiger partial charge in [-0.2, -0.15) is 0 Å². The van der Waals surface area contributed by atoms with Gasteiger partial charge in [0, 0.05) is 25.1 Å². The molecule has 0 aliphatic rings. The summed E-state index contributed by atoms with van der Waals surface area (Å²) >= 11 is 4.94. The molecule has 1 aromatic heterocycles. The van der Waals surface area contributed by atoms with Gasteiger partial charge in [0.05, 0.1) is 6.04 Å². The molecular formula is C13H15N3OS. The maximum Gasteiger partial charge on any atom is 0.262 e. The minimum Gasteiger partial charge on any atom is -0.486 e. The van der Waals surface area contributed by atoms with E-state index in [0.717, 1.165) is 11.5 Å². The number of imidazole rings is 1. The van der Waals surface area contributed by atoms with Crippen LogP contribution in [0.15, 0.2) is 42.7 Å². The van der Waals surface area contributed by atoms with Crippen molar-refractivity contribution in [2.45, 2.75) is 13.0 Å². The third kappa shape index (κ3) is 2.36. The summed E-state index contributed by atoms with van der Waals surface area (Å²) in [5.41, 5.74) is 0.848. The number of aryl methyl sites for hydroxylation is 1. The molecular weight excluding hydrogens is 246 g/mol. The summed E-state index contributed by atoms with van der Waals surface area (Å²) in [4.78, 5) is 5.97. The number of nitrogens with zero attached hydrogens (tertiary/aromatic N) is 3. The first-order chi connectivity index (χ1) is 8.61. The normalized spacial score (nSPS) is 12.1. The minimum absolute atomic E-state index is 0.134. The average molecular weight is 261 g/mol. The number of rotatable bonds is 3. The van der Waals surface area contributed by atoms with Gasteiger partial charge < -0.3 is 9.67 Å². The van der Waals surface area contributed by atoms with Crippen molar-refractivity contribution in [3.05, 3.63) is 48.5 Å². The Morgan fingerprint density at radius 3 is 2.56 bits per heavy atom. The Kier molecular flexibility index (Phi) is 3.62. The first-order valence-corrected chi connectivity index (χ1v) is 6.06. The Morgan fingerprint density at radius 2 is 2.06 bits per heavy atom. The minimum atomic E-state index is -0.156. The SMILES string of the molecule is CC(c1nccn1C)N(C(O)=S)c1ccccc1. The lowest BCUT2D eigenvalue weighted by Gasteiger charge is -2.28. The highest BCUT2D eigenvalue weighted by atomic mass is 32.1. The van der Waals surface area contributed by atoms with Crippen LogP contribution in [0.4, 0.5) is 5.69 Å². The Hall–Kier alpha value is -1.88. The molecule has 1 atom stereocenters. The van der Waals surface area contributed by atoms with Gasteiger partial charge in [0.2, 0.25) is 0 Å². The topological polar surface area (TPSA) is 41.3 Å². The Morgan fingerprint density at radius 1 is 1.39 bits per heavy atom. The largest absolute Gasteiger partial charge is 0.486 e. The molecule has 1 unspecified atom stereocenters. The summed E-state index contributed by atoms with van der Waals surface area (Å²) < 4.78 is 1.92. The molecule has 1 heterocycles. The molecule has 0 bridgehead atoms. The molecule has 0 radical (unpaired) electrons. The molecule has 0 aliphatic heterocycles. The first kappa shape index (κ1) is 12.6. The van der Waals surface area contributed by atoms with Crippen molar-refractivity contribution < 1.29 is 5.11 Å². The van der Waals surface area contributed by atoms with Crippen molar-refractivity contribution in [1.29, 1.82) is 0 Å². The summed E-state index contributed by atoms with van der Waals surface area (Å²) in [5, 5.41) is 9.59. The molecule has 4 nitrogen and oxygen atoms in total. The average Bonchev–Trinajstić information content (AvgIpc) is 2.76. The van der Waals surface area contributed by atoms with Gasteiger partial charge in [0.15, 0.2) is 0 Å². The summed E-state index contributed by atoms with van der Waals surface area (Å²) in [5.74, 6) is 0.843. The highest BCUT2D eigenvalue weighted by Gasteiger charge is 2.22. The first-order valence-electron chi connectivity index (χ1n) is 5.65. The standard InChI is InChI=1S/C13H15N3OS/c1-10(12-14-8-9-15(12)2)16(13(17)18)11-6-4-3-5-7-11/h3-10H,1-2H3,(H,17,18). The number of thiocarbonyl (C=S) groups is 1. The predicted octanol–water partition coefficient (Wildman–Crippen LogP) is 2.83. The molecule has 0 fully saturated rings. The van der Waals surface area contributed by atoms with Crippen LogP contribution < -0.4 is 4.90 Å². The summed E-state index contributed by atoms with van der Waals surface area (Å²) in [7, 11) is 1.92. The van der Waals surface area contributed by atoms with Crippen LogP contribution in [-0.4, -0.2) is 19.8 Å². The van der Waals surface area contributed by atoms with Crippen LogP contribution in [0.25, 0.3) is 0 Å². The van der Waals surface area contributed by atoms with Crippen LogP contribution in [0.1, 0.15) is 18.8 Å².